The molecule has 3 nitrogen and oxygen atoms in total. The molecule has 0 saturated heterocycles. The summed E-state index contributed by atoms with van der Waals surface area (Å²) in [4.78, 5) is 5.28. The third kappa shape index (κ3) is 1.51. The molecule has 1 aromatic carbocycles. The molecule has 13 heavy (non-hydrogen) atoms. The van der Waals surface area contributed by atoms with Crippen molar-refractivity contribution in [2.24, 2.45) is 0 Å². The average Bonchev–Trinajstić information content (AvgIpc) is 2.58. The Hall–Kier alpha value is -1.48. The highest BCUT2D eigenvalue weighted by molar-refractivity contribution is 5.79. The highest BCUT2D eigenvalue weighted by atomic mass is 16.7. The van der Waals surface area contributed by atoms with Crippen LogP contribution in [0.3, 0.4) is 0 Å². The van der Waals surface area contributed by atoms with E-state index in [1.807, 2.05) is 36.5 Å². The van der Waals surface area contributed by atoms with Gasteiger partial charge in [0.15, 0.2) is 0 Å². The number of rotatable bonds is 3. The molecule has 1 N–H and O–H groups in total. The van der Waals surface area contributed by atoms with E-state index >= 15 is 0 Å². The maximum Gasteiger partial charge on any atom is 0.138 e. The first kappa shape index (κ1) is 8.13. The fraction of sp³-hybridized carbons (Fsp3) is 0.200. The number of para-hydroxylation sites is 1. The van der Waals surface area contributed by atoms with Crippen LogP contribution in [0.25, 0.3) is 10.9 Å². The molecule has 0 radical (unpaired) electrons. The topological polar surface area (TPSA) is 34.4 Å². The number of aliphatic hydroxyl groups is 1. The molecule has 0 aliphatic carbocycles. The number of hydrogen-bond acceptors (Lipinski definition) is 2. The lowest BCUT2D eigenvalue weighted by molar-refractivity contribution is 0.0832. The van der Waals surface area contributed by atoms with Gasteiger partial charge in [-0.2, -0.15) is 4.73 Å². The minimum absolute atomic E-state index is 0.0342. The van der Waals surface area contributed by atoms with Gasteiger partial charge in [-0.05, 0) is 12.1 Å². The molecule has 0 aliphatic rings. The van der Waals surface area contributed by atoms with Crippen molar-refractivity contribution in [1.29, 1.82) is 0 Å². The van der Waals surface area contributed by atoms with Gasteiger partial charge >= 0.3 is 0 Å². The first-order valence-electron chi connectivity index (χ1n) is 4.22. The summed E-state index contributed by atoms with van der Waals surface area (Å²) in [6.07, 6.45) is 1.85. The van der Waals surface area contributed by atoms with Crippen LogP contribution in [0.4, 0.5) is 0 Å². The maximum absolute atomic E-state index is 8.60. The summed E-state index contributed by atoms with van der Waals surface area (Å²) in [7, 11) is 0. The van der Waals surface area contributed by atoms with Gasteiger partial charge < -0.3 is 9.94 Å². The van der Waals surface area contributed by atoms with Crippen molar-refractivity contribution in [3.63, 3.8) is 0 Å². The predicted molar refractivity (Wildman–Crippen MR) is 50.5 cm³/mol. The Morgan fingerprint density at radius 1 is 1.23 bits per heavy atom. The fourth-order valence-corrected chi connectivity index (χ4v) is 1.31. The predicted octanol–water partition coefficient (Wildman–Crippen LogP) is 1.06. The Labute approximate surface area is 76.1 Å². The molecule has 1 aromatic heterocycles. The Kier molecular flexibility index (Phi) is 2.19. The second kappa shape index (κ2) is 3.49. The van der Waals surface area contributed by atoms with Crippen LogP contribution < -0.4 is 4.84 Å². The average molecular weight is 177 g/mol. The molecule has 0 aliphatic heterocycles. The van der Waals surface area contributed by atoms with Crippen molar-refractivity contribution < 1.29 is 9.94 Å². The van der Waals surface area contributed by atoms with Crippen molar-refractivity contribution in [3.05, 3.63) is 36.5 Å². The van der Waals surface area contributed by atoms with Crippen molar-refractivity contribution in [2.45, 2.75) is 0 Å². The lowest BCUT2D eigenvalue weighted by Crippen LogP contribution is -2.13. The van der Waals surface area contributed by atoms with E-state index in [9.17, 15) is 0 Å². The van der Waals surface area contributed by atoms with Gasteiger partial charge in [-0.3, -0.25) is 0 Å². The minimum atomic E-state index is 0.0342. The Bertz CT molecular complexity index is 394. The van der Waals surface area contributed by atoms with E-state index in [4.69, 9.17) is 9.94 Å². The summed E-state index contributed by atoms with van der Waals surface area (Å²) in [5.41, 5.74) is 1.02. The molecule has 2 aromatic rings. The van der Waals surface area contributed by atoms with E-state index in [0.29, 0.717) is 6.61 Å². The lowest BCUT2D eigenvalue weighted by atomic mass is 10.3. The summed E-state index contributed by atoms with van der Waals surface area (Å²) >= 11 is 0. The number of aliphatic hydroxyl groups excluding tert-OH is 1. The van der Waals surface area contributed by atoms with Gasteiger partial charge in [0.25, 0.3) is 0 Å². The molecule has 0 amide bonds. The Balaban J connectivity index is 2.35. The summed E-state index contributed by atoms with van der Waals surface area (Å²) < 4.78 is 1.67. The van der Waals surface area contributed by atoms with E-state index in [2.05, 4.69) is 0 Å². The van der Waals surface area contributed by atoms with Crippen LogP contribution in [-0.2, 0) is 0 Å². The number of hydrogen-bond donors (Lipinski definition) is 1. The zero-order valence-electron chi connectivity index (χ0n) is 7.18. The molecule has 3 heteroatoms. The summed E-state index contributed by atoms with van der Waals surface area (Å²) in [6.45, 7) is 0.352. The summed E-state index contributed by atoms with van der Waals surface area (Å²) in [5, 5.41) is 9.74. The third-order valence-corrected chi connectivity index (χ3v) is 1.89. The lowest BCUT2D eigenvalue weighted by Gasteiger charge is -2.05. The smallest absolute Gasteiger partial charge is 0.138 e. The minimum Gasteiger partial charge on any atom is -0.411 e. The molecule has 0 bridgehead atoms. The zero-order chi connectivity index (χ0) is 9.10. The van der Waals surface area contributed by atoms with E-state index < -0.39 is 0 Å². The van der Waals surface area contributed by atoms with Crippen molar-refractivity contribution in [2.75, 3.05) is 13.2 Å². The van der Waals surface area contributed by atoms with Crippen molar-refractivity contribution in [1.82, 2.24) is 4.73 Å². The number of fused-ring (bicyclic) bond motifs is 1. The quantitative estimate of drug-likeness (QED) is 0.760. The van der Waals surface area contributed by atoms with E-state index in [1.165, 1.54) is 0 Å². The van der Waals surface area contributed by atoms with Gasteiger partial charge in [0.05, 0.1) is 12.1 Å². The van der Waals surface area contributed by atoms with Crippen LogP contribution in [0, 0.1) is 0 Å². The van der Waals surface area contributed by atoms with Crippen LogP contribution in [-0.4, -0.2) is 23.1 Å². The van der Waals surface area contributed by atoms with Crippen molar-refractivity contribution in [3.8, 4) is 0 Å². The van der Waals surface area contributed by atoms with E-state index in [0.717, 1.165) is 10.9 Å². The molecular weight excluding hydrogens is 166 g/mol. The van der Waals surface area contributed by atoms with Gasteiger partial charge in [0.2, 0.25) is 0 Å². The standard InChI is InChI=1S/C10H11NO2/c12-7-8-13-11-6-5-9-3-1-2-4-10(9)11/h1-6,12H,7-8H2. The molecule has 1 heterocycles. The highest BCUT2D eigenvalue weighted by Crippen LogP contribution is 2.13. The first-order valence-corrected chi connectivity index (χ1v) is 4.22. The highest BCUT2D eigenvalue weighted by Gasteiger charge is 1.98. The monoisotopic (exact) mass is 177 g/mol. The second-order valence-corrected chi connectivity index (χ2v) is 2.76. The largest absolute Gasteiger partial charge is 0.411 e. The molecule has 0 saturated carbocycles. The number of aromatic nitrogens is 1. The molecular formula is C10H11NO2. The van der Waals surface area contributed by atoms with Crippen LogP contribution in [0.2, 0.25) is 0 Å². The molecule has 0 atom stereocenters. The third-order valence-electron chi connectivity index (χ3n) is 1.89. The normalized spacial score (nSPS) is 10.5. The van der Waals surface area contributed by atoms with Crippen molar-refractivity contribution >= 4 is 10.9 Å². The number of benzene rings is 1. The summed E-state index contributed by atoms with van der Waals surface area (Å²) in [6, 6.07) is 9.92. The van der Waals surface area contributed by atoms with Crippen LogP contribution in [0.5, 0.6) is 0 Å². The SMILES string of the molecule is OCCOn1ccc2ccccc21. The first-order chi connectivity index (χ1) is 6.42. The molecule has 0 fully saturated rings. The molecule has 0 unspecified atom stereocenters. The molecule has 0 spiro atoms. The van der Waals surface area contributed by atoms with Gasteiger partial charge in [0, 0.05) is 11.6 Å². The van der Waals surface area contributed by atoms with E-state index in [-0.39, 0.29) is 6.61 Å². The van der Waals surface area contributed by atoms with Gasteiger partial charge in [-0.1, -0.05) is 18.2 Å². The summed E-state index contributed by atoms with van der Waals surface area (Å²) in [5.74, 6) is 0. The van der Waals surface area contributed by atoms with E-state index in [1.54, 1.807) is 4.73 Å². The van der Waals surface area contributed by atoms with Gasteiger partial charge in [-0.25, -0.2) is 0 Å². The molecule has 2 rings (SSSR count). The fourth-order valence-electron chi connectivity index (χ4n) is 1.31. The Morgan fingerprint density at radius 2 is 2.08 bits per heavy atom. The second-order valence-electron chi connectivity index (χ2n) is 2.76. The van der Waals surface area contributed by atoms with Crippen LogP contribution in [0.15, 0.2) is 36.5 Å². The zero-order valence-corrected chi connectivity index (χ0v) is 7.18. The van der Waals surface area contributed by atoms with Gasteiger partial charge in [0.1, 0.15) is 6.61 Å². The number of nitrogens with zero attached hydrogens (tertiary/aromatic N) is 1. The Morgan fingerprint density at radius 3 is 2.92 bits per heavy atom. The van der Waals surface area contributed by atoms with Gasteiger partial charge in [-0.15, -0.1) is 0 Å². The van der Waals surface area contributed by atoms with Crippen LogP contribution in [0.1, 0.15) is 0 Å². The molecule has 68 valence electrons. The maximum atomic E-state index is 8.60. The van der Waals surface area contributed by atoms with Crippen LogP contribution >= 0.6 is 0 Å².